The highest BCUT2D eigenvalue weighted by atomic mass is 16.4. The Morgan fingerprint density at radius 2 is 2.06 bits per heavy atom. The maximum Gasteiger partial charge on any atom is 0.309 e. The van der Waals surface area contributed by atoms with Crippen LogP contribution in [0.4, 0.5) is 0 Å². The molecule has 0 aromatic carbocycles. The number of carbonyl (C=O) groups is 1. The molecule has 1 aliphatic carbocycles. The first-order chi connectivity index (χ1) is 8.07. The Labute approximate surface area is 101 Å². The van der Waals surface area contributed by atoms with Gasteiger partial charge >= 0.3 is 5.97 Å². The molecule has 3 N–H and O–H groups in total. The van der Waals surface area contributed by atoms with E-state index in [2.05, 4.69) is 6.92 Å². The highest BCUT2D eigenvalue weighted by molar-refractivity contribution is 5.72. The van der Waals surface area contributed by atoms with Gasteiger partial charge in [-0.3, -0.25) is 4.79 Å². The lowest BCUT2D eigenvalue weighted by atomic mass is 9.94. The van der Waals surface area contributed by atoms with E-state index in [0.29, 0.717) is 6.42 Å². The highest BCUT2D eigenvalue weighted by Crippen LogP contribution is 2.33. The Hall–Kier alpha value is -1.13. The smallest absolute Gasteiger partial charge is 0.309 e. The fourth-order valence-electron chi connectivity index (χ4n) is 2.13. The first-order valence-corrected chi connectivity index (χ1v) is 6.00. The van der Waals surface area contributed by atoms with Gasteiger partial charge in [-0.05, 0) is 18.8 Å². The molecule has 1 saturated carbocycles. The maximum atomic E-state index is 11.0. The molecule has 4 nitrogen and oxygen atoms in total. The van der Waals surface area contributed by atoms with Crippen LogP contribution >= 0.6 is 0 Å². The Bertz CT molecular complexity index is 309. The molecule has 96 valence electrons. The SMILES string of the molecule is CCC/C=C/C=C/[C@@H]1C[C@H](O)[C@H](O)[C@@H]1C(=O)O. The molecule has 0 radical (unpaired) electrons. The van der Waals surface area contributed by atoms with Crippen molar-refractivity contribution in [3.05, 3.63) is 24.3 Å². The van der Waals surface area contributed by atoms with Crippen molar-refractivity contribution in [1.82, 2.24) is 0 Å². The Morgan fingerprint density at radius 1 is 1.35 bits per heavy atom. The number of aliphatic hydroxyl groups excluding tert-OH is 2. The van der Waals surface area contributed by atoms with Gasteiger partial charge in [0.05, 0.1) is 18.1 Å². The average Bonchev–Trinajstić information content (AvgIpc) is 2.54. The summed E-state index contributed by atoms with van der Waals surface area (Å²) >= 11 is 0. The normalized spacial score (nSPS) is 33.8. The zero-order chi connectivity index (χ0) is 12.8. The van der Waals surface area contributed by atoms with Gasteiger partial charge in [0.2, 0.25) is 0 Å². The van der Waals surface area contributed by atoms with Crippen molar-refractivity contribution in [3.8, 4) is 0 Å². The van der Waals surface area contributed by atoms with Crippen LogP contribution in [0.25, 0.3) is 0 Å². The third kappa shape index (κ3) is 3.68. The van der Waals surface area contributed by atoms with Crippen LogP contribution in [0.15, 0.2) is 24.3 Å². The minimum atomic E-state index is -1.17. The van der Waals surface area contributed by atoms with E-state index in [0.717, 1.165) is 12.8 Å². The van der Waals surface area contributed by atoms with E-state index in [4.69, 9.17) is 5.11 Å². The van der Waals surface area contributed by atoms with Crippen molar-refractivity contribution in [1.29, 1.82) is 0 Å². The first kappa shape index (κ1) is 13.9. The topological polar surface area (TPSA) is 77.8 Å². The predicted octanol–water partition coefficient (Wildman–Crippen LogP) is 1.34. The zero-order valence-electron chi connectivity index (χ0n) is 9.99. The average molecular weight is 240 g/mol. The van der Waals surface area contributed by atoms with Crippen molar-refractivity contribution in [2.24, 2.45) is 11.8 Å². The molecule has 1 rings (SSSR count). The van der Waals surface area contributed by atoms with E-state index in [9.17, 15) is 15.0 Å². The van der Waals surface area contributed by atoms with Gasteiger partial charge in [-0.25, -0.2) is 0 Å². The molecule has 1 fully saturated rings. The van der Waals surface area contributed by atoms with Crippen LogP contribution in [0.5, 0.6) is 0 Å². The summed E-state index contributed by atoms with van der Waals surface area (Å²) < 4.78 is 0. The first-order valence-electron chi connectivity index (χ1n) is 6.00. The zero-order valence-corrected chi connectivity index (χ0v) is 9.99. The van der Waals surface area contributed by atoms with E-state index in [1.165, 1.54) is 0 Å². The van der Waals surface area contributed by atoms with Crippen LogP contribution in [0.1, 0.15) is 26.2 Å². The summed E-state index contributed by atoms with van der Waals surface area (Å²) in [6.07, 6.45) is 7.69. The van der Waals surface area contributed by atoms with Crippen LogP contribution in [-0.4, -0.2) is 33.5 Å². The molecule has 0 saturated heterocycles. The van der Waals surface area contributed by atoms with Crippen LogP contribution in [-0.2, 0) is 4.79 Å². The summed E-state index contributed by atoms with van der Waals surface area (Å²) in [6, 6.07) is 0. The molecule has 0 unspecified atom stereocenters. The minimum absolute atomic E-state index is 0.302. The lowest BCUT2D eigenvalue weighted by molar-refractivity contribution is -0.146. The second kappa shape index (κ2) is 6.57. The van der Waals surface area contributed by atoms with Gasteiger partial charge in [0.25, 0.3) is 0 Å². The van der Waals surface area contributed by atoms with E-state index in [1.54, 1.807) is 12.2 Å². The number of hydrogen-bond donors (Lipinski definition) is 3. The number of carboxylic acids is 1. The van der Waals surface area contributed by atoms with Gasteiger partial charge in [0.1, 0.15) is 0 Å². The van der Waals surface area contributed by atoms with Crippen LogP contribution in [0.2, 0.25) is 0 Å². The van der Waals surface area contributed by atoms with Crippen LogP contribution in [0, 0.1) is 11.8 Å². The van der Waals surface area contributed by atoms with Crippen molar-refractivity contribution in [3.63, 3.8) is 0 Å². The van der Waals surface area contributed by atoms with Crippen molar-refractivity contribution in [2.75, 3.05) is 0 Å². The summed E-state index contributed by atoms with van der Waals surface area (Å²) in [5.74, 6) is -2.26. The van der Waals surface area contributed by atoms with Gasteiger partial charge < -0.3 is 15.3 Å². The number of carboxylic acid groups (broad SMARTS) is 1. The van der Waals surface area contributed by atoms with Crippen molar-refractivity contribution >= 4 is 5.97 Å². The molecule has 0 amide bonds. The summed E-state index contributed by atoms with van der Waals surface area (Å²) in [4.78, 5) is 11.0. The van der Waals surface area contributed by atoms with E-state index in [1.807, 2.05) is 12.2 Å². The summed E-state index contributed by atoms with van der Waals surface area (Å²) in [5, 5.41) is 28.0. The van der Waals surface area contributed by atoms with Gasteiger partial charge in [-0.1, -0.05) is 37.6 Å². The second-order valence-electron chi connectivity index (χ2n) is 4.42. The summed E-state index contributed by atoms with van der Waals surface area (Å²) in [5.41, 5.74) is 0. The number of rotatable bonds is 5. The predicted molar refractivity (Wildman–Crippen MR) is 64.4 cm³/mol. The third-order valence-electron chi connectivity index (χ3n) is 3.08. The molecular formula is C13H20O4. The molecule has 4 atom stereocenters. The third-order valence-corrected chi connectivity index (χ3v) is 3.08. The maximum absolute atomic E-state index is 11.0. The van der Waals surface area contributed by atoms with Gasteiger partial charge in [0.15, 0.2) is 0 Å². The molecule has 0 heterocycles. The molecular weight excluding hydrogens is 220 g/mol. The Balaban J connectivity index is 2.60. The molecule has 4 heteroatoms. The number of aliphatic carboxylic acids is 1. The summed E-state index contributed by atoms with van der Waals surface area (Å²) in [7, 11) is 0. The summed E-state index contributed by atoms with van der Waals surface area (Å²) in [6.45, 7) is 2.08. The van der Waals surface area contributed by atoms with E-state index < -0.39 is 24.1 Å². The number of allylic oxidation sites excluding steroid dienone is 4. The largest absolute Gasteiger partial charge is 0.481 e. The standard InChI is InChI=1S/C13H20O4/c1-2-3-4-5-6-7-9-8-10(14)12(15)11(9)13(16)17/h4-7,9-12,14-15H,2-3,8H2,1H3,(H,16,17)/b5-4+,7-6+/t9-,10+,11-,12+/m1/s1. The minimum Gasteiger partial charge on any atom is -0.481 e. The molecule has 0 aromatic rings. The van der Waals surface area contributed by atoms with Crippen LogP contribution in [0.3, 0.4) is 0 Å². The highest BCUT2D eigenvalue weighted by Gasteiger charge is 2.44. The molecule has 1 aliphatic rings. The second-order valence-corrected chi connectivity index (χ2v) is 4.42. The van der Waals surface area contributed by atoms with Gasteiger partial charge in [-0.2, -0.15) is 0 Å². The molecule has 0 bridgehead atoms. The molecule has 17 heavy (non-hydrogen) atoms. The number of hydrogen-bond acceptors (Lipinski definition) is 3. The lowest BCUT2D eigenvalue weighted by Crippen LogP contribution is -2.31. The van der Waals surface area contributed by atoms with Crippen molar-refractivity contribution in [2.45, 2.75) is 38.4 Å². The molecule has 0 aromatic heterocycles. The number of unbranched alkanes of at least 4 members (excludes halogenated alkanes) is 1. The van der Waals surface area contributed by atoms with Crippen molar-refractivity contribution < 1.29 is 20.1 Å². The van der Waals surface area contributed by atoms with Gasteiger partial charge in [0, 0.05) is 0 Å². The lowest BCUT2D eigenvalue weighted by Gasteiger charge is -2.14. The number of aliphatic hydroxyl groups is 2. The molecule has 0 spiro atoms. The van der Waals surface area contributed by atoms with E-state index in [-0.39, 0.29) is 5.92 Å². The molecule has 0 aliphatic heterocycles. The monoisotopic (exact) mass is 240 g/mol. The fourth-order valence-corrected chi connectivity index (χ4v) is 2.13. The van der Waals surface area contributed by atoms with Gasteiger partial charge in [-0.15, -0.1) is 0 Å². The Morgan fingerprint density at radius 3 is 2.65 bits per heavy atom. The Kier molecular flexibility index (Phi) is 5.38. The fraction of sp³-hybridized carbons (Fsp3) is 0.615. The van der Waals surface area contributed by atoms with Crippen LogP contribution < -0.4 is 0 Å². The van der Waals surface area contributed by atoms with E-state index >= 15 is 0 Å². The quantitative estimate of drug-likeness (QED) is 0.634.